The summed E-state index contributed by atoms with van der Waals surface area (Å²) in [5.41, 5.74) is -0.414. The lowest BCUT2D eigenvalue weighted by Crippen LogP contribution is -2.27. The molecule has 0 rings (SSSR count). The highest BCUT2D eigenvalue weighted by Crippen LogP contribution is 2.25. The smallest absolute Gasteiger partial charge is 0.298 e. The van der Waals surface area contributed by atoms with Crippen LogP contribution in [0.15, 0.2) is 0 Å². The molecule has 0 aromatic heterocycles. The Bertz CT molecular complexity index is 207. The van der Waals surface area contributed by atoms with Crippen LogP contribution in [0.3, 0.4) is 0 Å². The van der Waals surface area contributed by atoms with E-state index in [0.717, 1.165) is 12.8 Å². The van der Waals surface area contributed by atoms with Crippen molar-refractivity contribution in [2.75, 3.05) is 0 Å². The molecule has 0 saturated heterocycles. The summed E-state index contributed by atoms with van der Waals surface area (Å²) in [7, 11) is 0. The van der Waals surface area contributed by atoms with Crippen LogP contribution < -0.4 is 0 Å². The molecule has 0 radical (unpaired) electrons. The van der Waals surface area contributed by atoms with Crippen LogP contribution in [0.25, 0.3) is 0 Å². The summed E-state index contributed by atoms with van der Waals surface area (Å²) in [5, 5.41) is 0. The fourth-order valence-electron chi connectivity index (χ4n) is 0.763. The standard InChI is InChI=1S/C12H24O3/c1-7-11(3,4)9-10(13)14-15-12(5,6)8-2/h7-9H2,1-6H3. The highest BCUT2D eigenvalue weighted by atomic mass is 17.2. The molecule has 0 unspecified atom stereocenters. The Morgan fingerprint density at radius 1 is 1.07 bits per heavy atom. The molecule has 0 aliphatic rings. The average Bonchev–Trinajstić information content (AvgIpc) is 2.15. The zero-order valence-electron chi connectivity index (χ0n) is 10.8. The molecule has 3 heteroatoms. The van der Waals surface area contributed by atoms with Gasteiger partial charge in [-0.25, -0.2) is 4.79 Å². The molecule has 0 aliphatic heterocycles. The Morgan fingerprint density at radius 3 is 2.00 bits per heavy atom. The van der Waals surface area contributed by atoms with E-state index < -0.39 is 5.60 Å². The molecular weight excluding hydrogens is 192 g/mol. The monoisotopic (exact) mass is 216 g/mol. The maximum Gasteiger partial charge on any atom is 0.342 e. The number of hydrogen-bond donors (Lipinski definition) is 0. The Hall–Kier alpha value is -0.570. The first-order valence-corrected chi connectivity index (χ1v) is 5.61. The Labute approximate surface area is 93.1 Å². The Kier molecular flexibility index (Phi) is 5.29. The summed E-state index contributed by atoms with van der Waals surface area (Å²) >= 11 is 0. The first kappa shape index (κ1) is 14.4. The van der Waals surface area contributed by atoms with Crippen LogP contribution in [0.5, 0.6) is 0 Å². The van der Waals surface area contributed by atoms with Crippen molar-refractivity contribution in [1.82, 2.24) is 0 Å². The predicted molar refractivity (Wildman–Crippen MR) is 60.2 cm³/mol. The summed E-state index contributed by atoms with van der Waals surface area (Å²) in [4.78, 5) is 21.3. The van der Waals surface area contributed by atoms with E-state index >= 15 is 0 Å². The molecule has 0 heterocycles. The number of rotatable bonds is 6. The Balaban J connectivity index is 3.96. The zero-order valence-corrected chi connectivity index (χ0v) is 10.8. The van der Waals surface area contributed by atoms with Crippen LogP contribution in [0, 0.1) is 5.41 Å². The molecular formula is C12H24O3. The summed E-state index contributed by atoms with van der Waals surface area (Å²) in [6.07, 6.45) is 2.14. The molecule has 0 aliphatic carbocycles. The van der Waals surface area contributed by atoms with Gasteiger partial charge in [-0.2, -0.15) is 4.89 Å². The van der Waals surface area contributed by atoms with Gasteiger partial charge in [0.2, 0.25) is 0 Å². The normalized spacial score (nSPS) is 12.7. The zero-order chi connectivity index (χ0) is 12.1. The summed E-state index contributed by atoms with van der Waals surface area (Å²) in [6.45, 7) is 11.9. The lowest BCUT2D eigenvalue weighted by molar-refractivity contribution is -0.326. The molecule has 15 heavy (non-hydrogen) atoms. The van der Waals surface area contributed by atoms with E-state index in [1.165, 1.54) is 0 Å². The van der Waals surface area contributed by atoms with Crippen LogP contribution >= 0.6 is 0 Å². The number of hydrogen-bond acceptors (Lipinski definition) is 3. The maximum absolute atomic E-state index is 11.4. The average molecular weight is 216 g/mol. The van der Waals surface area contributed by atoms with Crippen molar-refractivity contribution in [2.45, 2.75) is 66.4 Å². The van der Waals surface area contributed by atoms with Crippen molar-refractivity contribution in [1.29, 1.82) is 0 Å². The Morgan fingerprint density at radius 2 is 1.60 bits per heavy atom. The third-order valence-corrected chi connectivity index (χ3v) is 2.79. The van der Waals surface area contributed by atoms with Crippen molar-refractivity contribution in [2.24, 2.45) is 5.41 Å². The van der Waals surface area contributed by atoms with Crippen LogP contribution in [0.4, 0.5) is 0 Å². The topological polar surface area (TPSA) is 35.5 Å². The molecule has 0 amide bonds. The molecule has 0 saturated carbocycles. The van der Waals surface area contributed by atoms with Crippen molar-refractivity contribution in [3.05, 3.63) is 0 Å². The third-order valence-electron chi connectivity index (χ3n) is 2.79. The van der Waals surface area contributed by atoms with Gasteiger partial charge in [-0.1, -0.05) is 34.1 Å². The summed E-state index contributed by atoms with van der Waals surface area (Å²) < 4.78 is 0. The van der Waals surface area contributed by atoms with Gasteiger partial charge in [-0.15, -0.1) is 0 Å². The minimum Gasteiger partial charge on any atom is -0.298 e. The fourth-order valence-corrected chi connectivity index (χ4v) is 0.763. The molecule has 0 bridgehead atoms. The lowest BCUT2D eigenvalue weighted by Gasteiger charge is -2.23. The van der Waals surface area contributed by atoms with E-state index in [4.69, 9.17) is 9.78 Å². The highest BCUT2D eigenvalue weighted by Gasteiger charge is 2.24. The van der Waals surface area contributed by atoms with E-state index in [2.05, 4.69) is 6.92 Å². The number of carbonyl (C=O) groups is 1. The summed E-state index contributed by atoms with van der Waals surface area (Å²) in [6, 6.07) is 0. The molecule has 0 fully saturated rings. The molecule has 0 aromatic rings. The SMILES string of the molecule is CCC(C)(C)CC(=O)OOC(C)(C)CC. The van der Waals surface area contributed by atoms with Gasteiger partial charge in [0.15, 0.2) is 0 Å². The molecule has 0 aromatic carbocycles. The molecule has 0 atom stereocenters. The van der Waals surface area contributed by atoms with Gasteiger partial charge < -0.3 is 0 Å². The van der Waals surface area contributed by atoms with Crippen LogP contribution in [0.2, 0.25) is 0 Å². The largest absolute Gasteiger partial charge is 0.342 e. The van der Waals surface area contributed by atoms with E-state index in [9.17, 15) is 4.79 Å². The van der Waals surface area contributed by atoms with Crippen LogP contribution in [0.1, 0.15) is 60.8 Å². The second-order valence-electron chi connectivity index (χ2n) is 5.35. The fraction of sp³-hybridized carbons (Fsp3) is 0.917. The van der Waals surface area contributed by atoms with Crippen LogP contribution in [-0.4, -0.2) is 11.6 Å². The van der Waals surface area contributed by atoms with E-state index in [0.29, 0.717) is 6.42 Å². The molecule has 0 spiro atoms. The molecule has 0 N–H and O–H groups in total. The van der Waals surface area contributed by atoms with Crippen LogP contribution in [-0.2, 0) is 14.6 Å². The van der Waals surface area contributed by atoms with Gasteiger partial charge in [0.25, 0.3) is 0 Å². The van der Waals surface area contributed by atoms with Gasteiger partial charge in [-0.3, -0.25) is 4.89 Å². The van der Waals surface area contributed by atoms with Gasteiger partial charge in [0.1, 0.15) is 5.60 Å². The third kappa shape index (κ3) is 6.50. The lowest BCUT2D eigenvalue weighted by atomic mass is 9.87. The number of carbonyl (C=O) groups excluding carboxylic acids is 1. The minimum atomic E-state index is -0.397. The minimum absolute atomic E-state index is 0.0171. The maximum atomic E-state index is 11.4. The van der Waals surface area contributed by atoms with E-state index in [1.54, 1.807) is 0 Å². The second kappa shape index (κ2) is 5.50. The predicted octanol–water partition coefficient (Wildman–Crippen LogP) is 3.48. The van der Waals surface area contributed by atoms with Gasteiger partial charge >= 0.3 is 5.97 Å². The van der Waals surface area contributed by atoms with Gasteiger partial charge in [0, 0.05) is 0 Å². The van der Waals surface area contributed by atoms with Gasteiger partial charge in [0.05, 0.1) is 6.42 Å². The van der Waals surface area contributed by atoms with Crippen molar-refractivity contribution in [3.8, 4) is 0 Å². The van der Waals surface area contributed by atoms with Crippen molar-refractivity contribution in [3.63, 3.8) is 0 Å². The first-order chi connectivity index (χ1) is 6.72. The second-order valence-corrected chi connectivity index (χ2v) is 5.35. The quantitative estimate of drug-likeness (QED) is 0.503. The van der Waals surface area contributed by atoms with E-state index in [1.807, 2.05) is 34.6 Å². The van der Waals surface area contributed by atoms with Crippen molar-refractivity contribution < 1.29 is 14.6 Å². The van der Waals surface area contributed by atoms with E-state index in [-0.39, 0.29) is 11.4 Å². The summed E-state index contributed by atoms with van der Waals surface area (Å²) in [5.74, 6) is -0.289. The molecule has 90 valence electrons. The molecule has 3 nitrogen and oxygen atoms in total. The first-order valence-electron chi connectivity index (χ1n) is 5.61. The van der Waals surface area contributed by atoms with Crippen molar-refractivity contribution >= 4 is 5.97 Å². The van der Waals surface area contributed by atoms with Gasteiger partial charge in [-0.05, 0) is 25.7 Å². The highest BCUT2D eigenvalue weighted by molar-refractivity contribution is 5.69.